The third-order valence-corrected chi connectivity index (χ3v) is 11.1. The maximum Gasteiger partial charge on any atom is 0.423 e. The summed E-state index contributed by atoms with van der Waals surface area (Å²) in [6.45, 7) is 8.81. The van der Waals surface area contributed by atoms with E-state index in [0.717, 1.165) is 63.5 Å². The number of rotatable bonds is 12. The molecule has 0 aliphatic heterocycles. The molecular formula is C34H36Cl6O8. The van der Waals surface area contributed by atoms with Gasteiger partial charge in [-0.25, -0.2) is 19.2 Å². The molecule has 0 radical (unpaired) electrons. The van der Waals surface area contributed by atoms with Crippen LogP contribution in [-0.2, 0) is 19.1 Å². The molecule has 0 amide bonds. The Balaban J connectivity index is 1.48. The molecule has 14 heteroatoms. The molecule has 0 spiro atoms. The molecule has 2 saturated carbocycles. The quantitative estimate of drug-likeness (QED) is 0.0907. The van der Waals surface area contributed by atoms with Crippen LogP contribution in [0.2, 0.25) is 30.1 Å². The van der Waals surface area contributed by atoms with Crippen LogP contribution in [0.1, 0.15) is 99.8 Å². The van der Waals surface area contributed by atoms with E-state index in [4.69, 9.17) is 88.6 Å². The van der Waals surface area contributed by atoms with Crippen molar-refractivity contribution < 1.29 is 38.1 Å². The lowest BCUT2D eigenvalue weighted by molar-refractivity contribution is -0.156. The third-order valence-electron chi connectivity index (χ3n) is 8.95. The number of esters is 4. The fraction of sp³-hybridized carbons (Fsp3) is 0.529. The summed E-state index contributed by atoms with van der Waals surface area (Å²) in [5.41, 5.74) is -0.502. The van der Waals surface area contributed by atoms with E-state index < -0.39 is 46.5 Å². The number of halogens is 6. The van der Waals surface area contributed by atoms with Crippen LogP contribution in [0.3, 0.4) is 0 Å². The van der Waals surface area contributed by atoms with Crippen LogP contribution in [0, 0.1) is 22.7 Å². The van der Waals surface area contributed by atoms with Gasteiger partial charge < -0.3 is 18.9 Å². The zero-order valence-corrected chi connectivity index (χ0v) is 31.4. The number of benzene rings is 2. The first-order valence-corrected chi connectivity index (χ1v) is 17.9. The SMILES string of the molecule is CCCC1(C)CC(COC(=O)c2c(Cl)c(Cl)cc(Cl)c2OC(=O)C(=O)Oc2c(Cl)cc(Cl)c(Cl)c2C(=O)OCC2CC(C)(CCC)C2)C1. The summed E-state index contributed by atoms with van der Waals surface area (Å²) in [6, 6.07) is 2.27. The molecule has 2 aliphatic carbocycles. The van der Waals surface area contributed by atoms with Gasteiger partial charge in [-0.05, 0) is 73.3 Å². The topological polar surface area (TPSA) is 105 Å². The van der Waals surface area contributed by atoms with Gasteiger partial charge in [0.05, 0.1) is 43.3 Å². The van der Waals surface area contributed by atoms with Crippen molar-refractivity contribution in [2.75, 3.05) is 13.2 Å². The van der Waals surface area contributed by atoms with Crippen molar-refractivity contribution in [3.8, 4) is 11.5 Å². The van der Waals surface area contributed by atoms with Gasteiger partial charge in [0, 0.05) is 0 Å². The molecule has 48 heavy (non-hydrogen) atoms. The van der Waals surface area contributed by atoms with E-state index in [1.54, 1.807) is 0 Å². The fourth-order valence-corrected chi connectivity index (χ4v) is 8.48. The zero-order chi connectivity index (χ0) is 35.6. The molecule has 0 unspecified atom stereocenters. The number of hydrogen-bond acceptors (Lipinski definition) is 8. The van der Waals surface area contributed by atoms with E-state index in [1.807, 2.05) is 0 Å². The summed E-state index contributed by atoms with van der Waals surface area (Å²) in [6.07, 6.45) is 7.79. The largest absolute Gasteiger partial charge is 0.462 e. The average Bonchev–Trinajstić information content (AvgIpc) is 2.98. The molecule has 8 nitrogen and oxygen atoms in total. The summed E-state index contributed by atoms with van der Waals surface area (Å²) in [5, 5.41) is -1.44. The Labute approximate surface area is 309 Å². The van der Waals surface area contributed by atoms with Crippen molar-refractivity contribution in [1.82, 2.24) is 0 Å². The van der Waals surface area contributed by atoms with E-state index in [1.165, 1.54) is 0 Å². The number of ether oxygens (including phenoxy) is 4. The third kappa shape index (κ3) is 8.85. The van der Waals surface area contributed by atoms with E-state index >= 15 is 0 Å². The number of carbonyl (C=O) groups is 4. The first-order valence-electron chi connectivity index (χ1n) is 15.6. The Morgan fingerprint density at radius 2 is 0.958 bits per heavy atom. The second-order valence-corrected chi connectivity index (χ2v) is 15.7. The molecular weight excluding hydrogens is 749 g/mol. The van der Waals surface area contributed by atoms with Gasteiger partial charge in [-0.1, -0.05) is 110 Å². The van der Waals surface area contributed by atoms with Crippen LogP contribution in [0.15, 0.2) is 12.1 Å². The first kappa shape index (κ1) is 38.9. The molecule has 262 valence electrons. The van der Waals surface area contributed by atoms with Gasteiger partial charge in [0.2, 0.25) is 0 Å². The van der Waals surface area contributed by atoms with Gasteiger partial charge >= 0.3 is 23.9 Å². The highest BCUT2D eigenvalue weighted by molar-refractivity contribution is 6.47. The molecule has 2 fully saturated rings. The molecule has 2 aromatic rings. The smallest absolute Gasteiger partial charge is 0.423 e. The van der Waals surface area contributed by atoms with Crippen LogP contribution >= 0.6 is 69.6 Å². The van der Waals surface area contributed by atoms with Gasteiger partial charge in [0.15, 0.2) is 11.5 Å². The Hall–Kier alpha value is -1.94. The lowest BCUT2D eigenvalue weighted by Crippen LogP contribution is -2.37. The molecule has 2 aromatic carbocycles. The summed E-state index contributed by atoms with van der Waals surface area (Å²) in [4.78, 5) is 52.4. The van der Waals surface area contributed by atoms with E-state index in [9.17, 15) is 19.2 Å². The first-order chi connectivity index (χ1) is 22.5. The van der Waals surface area contributed by atoms with Gasteiger partial charge in [0.25, 0.3) is 0 Å². The second kappa shape index (κ2) is 15.9. The van der Waals surface area contributed by atoms with Crippen LogP contribution in [-0.4, -0.2) is 37.1 Å². The summed E-state index contributed by atoms with van der Waals surface area (Å²) in [5.74, 6) is -6.03. The molecule has 0 N–H and O–H groups in total. The van der Waals surface area contributed by atoms with E-state index in [2.05, 4.69) is 27.7 Å². The second-order valence-electron chi connectivity index (χ2n) is 13.4. The zero-order valence-electron chi connectivity index (χ0n) is 26.9. The van der Waals surface area contributed by atoms with Crippen molar-refractivity contribution in [1.29, 1.82) is 0 Å². The van der Waals surface area contributed by atoms with Gasteiger partial charge in [-0.2, -0.15) is 0 Å². The van der Waals surface area contributed by atoms with Crippen molar-refractivity contribution in [3.63, 3.8) is 0 Å². The van der Waals surface area contributed by atoms with Crippen molar-refractivity contribution >= 4 is 93.5 Å². The predicted molar refractivity (Wildman–Crippen MR) is 186 cm³/mol. The minimum absolute atomic E-state index is 0.0987. The molecule has 0 atom stereocenters. The monoisotopic (exact) mass is 782 g/mol. The van der Waals surface area contributed by atoms with Crippen molar-refractivity contribution in [2.24, 2.45) is 22.7 Å². The Morgan fingerprint density at radius 3 is 1.27 bits per heavy atom. The van der Waals surface area contributed by atoms with E-state index in [0.29, 0.717) is 0 Å². The average molecular weight is 785 g/mol. The van der Waals surface area contributed by atoms with Crippen LogP contribution in [0.4, 0.5) is 0 Å². The lowest BCUT2D eigenvalue weighted by Gasteiger charge is -2.45. The van der Waals surface area contributed by atoms with Crippen molar-refractivity contribution in [3.05, 3.63) is 53.4 Å². The Kier molecular flexibility index (Phi) is 12.9. The maximum atomic E-state index is 13.2. The number of carbonyl (C=O) groups excluding carboxylic acids is 4. The van der Waals surface area contributed by atoms with Crippen LogP contribution < -0.4 is 9.47 Å². The molecule has 0 bridgehead atoms. The predicted octanol–water partition coefficient (Wildman–Crippen LogP) is 10.9. The highest BCUT2D eigenvalue weighted by Gasteiger charge is 2.41. The van der Waals surface area contributed by atoms with Gasteiger partial charge in [0.1, 0.15) is 11.1 Å². The summed E-state index contributed by atoms with van der Waals surface area (Å²) < 4.78 is 21.4. The van der Waals surface area contributed by atoms with Gasteiger partial charge in [-0.15, -0.1) is 0 Å². The summed E-state index contributed by atoms with van der Waals surface area (Å²) >= 11 is 37.5. The van der Waals surface area contributed by atoms with Gasteiger partial charge in [-0.3, -0.25) is 0 Å². The lowest BCUT2D eigenvalue weighted by atomic mass is 9.61. The Bertz CT molecular complexity index is 1480. The fourth-order valence-electron chi connectivity index (χ4n) is 7.04. The van der Waals surface area contributed by atoms with Crippen LogP contribution in [0.5, 0.6) is 11.5 Å². The molecule has 0 heterocycles. The van der Waals surface area contributed by atoms with Crippen LogP contribution in [0.25, 0.3) is 0 Å². The normalized spacial score (nSPS) is 23.0. The highest BCUT2D eigenvalue weighted by Crippen LogP contribution is 2.50. The molecule has 0 aromatic heterocycles. The molecule has 0 saturated heterocycles. The Morgan fingerprint density at radius 1 is 0.625 bits per heavy atom. The minimum atomic E-state index is -1.63. The molecule has 2 aliphatic rings. The molecule has 4 rings (SSSR count). The van der Waals surface area contributed by atoms with Crippen molar-refractivity contribution in [2.45, 2.75) is 79.1 Å². The summed E-state index contributed by atoms with van der Waals surface area (Å²) in [7, 11) is 0. The minimum Gasteiger partial charge on any atom is -0.462 e. The van der Waals surface area contributed by atoms with E-state index in [-0.39, 0.29) is 66.0 Å². The maximum absolute atomic E-state index is 13.2. The number of hydrogen-bond donors (Lipinski definition) is 0. The highest BCUT2D eigenvalue weighted by atomic mass is 35.5. The standard InChI is InChI=1S/C34H36Cl6O8/c1-5-7-33(3)11-17(12-33)15-45-29(41)23-25(39)19(35)9-21(37)27(23)47-31(43)32(44)48-28-22(38)10-20(36)26(40)24(28)30(42)46-16-18-13-34(4,14-18)8-6-2/h9-10,17-18H,5-8,11-16H2,1-4H3.